The number of carbonyl (C=O) groups is 2. The van der Waals surface area contributed by atoms with E-state index >= 15 is 0 Å². The predicted octanol–water partition coefficient (Wildman–Crippen LogP) is 5.03. The van der Waals surface area contributed by atoms with E-state index in [2.05, 4.69) is 4.98 Å². The molecule has 0 aliphatic carbocycles. The zero-order valence-electron chi connectivity index (χ0n) is 20.1. The van der Waals surface area contributed by atoms with Crippen molar-refractivity contribution in [3.05, 3.63) is 95.1 Å². The van der Waals surface area contributed by atoms with Crippen LogP contribution in [0, 0.1) is 5.82 Å². The number of pyridine rings is 1. The Morgan fingerprint density at radius 1 is 1.06 bits per heavy atom. The van der Waals surface area contributed by atoms with Crippen molar-refractivity contribution < 1.29 is 28.6 Å². The van der Waals surface area contributed by atoms with Gasteiger partial charge >= 0.3 is 0 Å². The van der Waals surface area contributed by atoms with Crippen molar-refractivity contribution in [2.75, 3.05) is 13.2 Å². The second-order valence-electron chi connectivity index (χ2n) is 8.28. The summed E-state index contributed by atoms with van der Waals surface area (Å²) in [5.74, 6) is -1.42. The van der Waals surface area contributed by atoms with Gasteiger partial charge in [0.25, 0.3) is 11.7 Å². The van der Waals surface area contributed by atoms with Gasteiger partial charge < -0.3 is 19.5 Å². The number of aromatic nitrogens is 1. The molecule has 2 aromatic carbocycles. The largest absolute Gasteiger partial charge is 0.507 e. The maximum absolute atomic E-state index is 13.5. The summed E-state index contributed by atoms with van der Waals surface area (Å²) in [7, 11) is 0. The number of carbonyl (C=O) groups excluding carboxylic acids is 2. The number of aliphatic hydroxyl groups excluding tert-OH is 1. The van der Waals surface area contributed by atoms with Crippen molar-refractivity contribution in [3.8, 4) is 11.5 Å². The molecular weight excluding hydrogens is 463 g/mol. The molecule has 1 saturated heterocycles. The predicted molar refractivity (Wildman–Crippen MR) is 132 cm³/mol. The van der Waals surface area contributed by atoms with E-state index in [1.165, 1.54) is 29.2 Å². The molecule has 1 amide bonds. The lowest BCUT2D eigenvalue weighted by Gasteiger charge is -2.26. The molecule has 0 bridgehead atoms. The number of rotatable bonds is 9. The van der Waals surface area contributed by atoms with E-state index in [-0.39, 0.29) is 23.4 Å². The molecule has 8 heteroatoms. The van der Waals surface area contributed by atoms with Crippen LogP contribution in [0.4, 0.5) is 4.39 Å². The molecule has 4 rings (SSSR count). The maximum atomic E-state index is 13.5. The fourth-order valence-corrected chi connectivity index (χ4v) is 4.14. The number of amides is 1. The summed E-state index contributed by atoms with van der Waals surface area (Å²) in [6, 6.07) is 12.9. The molecule has 36 heavy (non-hydrogen) atoms. The normalized spacial score (nSPS) is 16.9. The number of ether oxygens (including phenoxy) is 2. The number of hydrogen-bond donors (Lipinski definition) is 1. The van der Waals surface area contributed by atoms with Gasteiger partial charge in [-0.2, -0.15) is 0 Å². The van der Waals surface area contributed by atoms with Gasteiger partial charge in [0.15, 0.2) is 11.5 Å². The van der Waals surface area contributed by atoms with Gasteiger partial charge in [0.05, 0.1) is 24.8 Å². The second-order valence-corrected chi connectivity index (χ2v) is 8.28. The zero-order chi connectivity index (χ0) is 25.7. The van der Waals surface area contributed by atoms with Gasteiger partial charge in [-0.1, -0.05) is 19.1 Å². The van der Waals surface area contributed by atoms with E-state index in [0.717, 1.165) is 12.0 Å². The van der Waals surface area contributed by atoms with Crippen molar-refractivity contribution in [2.24, 2.45) is 0 Å². The van der Waals surface area contributed by atoms with Crippen LogP contribution in [0.5, 0.6) is 11.5 Å². The number of halogens is 1. The highest BCUT2D eigenvalue weighted by Crippen LogP contribution is 2.42. The topological polar surface area (TPSA) is 89.0 Å². The third-order valence-corrected chi connectivity index (χ3v) is 5.78. The van der Waals surface area contributed by atoms with Crippen molar-refractivity contribution in [2.45, 2.75) is 32.9 Å². The number of ketones is 1. The highest BCUT2D eigenvalue weighted by atomic mass is 19.1. The van der Waals surface area contributed by atoms with Crippen LogP contribution in [0.2, 0.25) is 0 Å². The first kappa shape index (κ1) is 24.9. The summed E-state index contributed by atoms with van der Waals surface area (Å²) in [6.45, 7) is 4.83. The Morgan fingerprint density at radius 2 is 1.83 bits per heavy atom. The molecule has 0 radical (unpaired) electrons. The summed E-state index contributed by atoms with van der Waals surface area (Å²) < 4.78 is 25.1. The van der Waals surface area contributed by atoms with E-state index in [4.69, 9.17) is 9.47 Å². The lowest BCUT2D eigenvalue weighted by molar-refractivity contribution is -0.140. The van der Waals surface area contributed by atoms with Crippen molar-refractivity contribution in [1.82, 2.24) is 9.88 Å². The number of hydrogen-bond acceptors (Lipinski definition) is 6. The van der Waals surface area contributed by atoms with Crippen molar-refractivity contribution >= 4 is 17.4 Å². The monoisotopic (exact) mass is 490 g/mol. The summed E-state index contributed by atoms with van der Waals surface area (Å²) in [6.07, 6.45) is 4.05. The molecule has 0 spiro atoms. The van der Waals surface area contributed by atoms with Crippen LogP contribution in [-0.2, 0) is 16.1 Å². The smallest absolute Gasteiger partial charge is 0.295 e. The fraction of sp³-hybridized carbons (Fsp3) is 0.250. The van der Waals surface area contributed by atoms with E-state index in [0.29, 0.717) is 30.3 Å². The molecule has 3 aromatic rings. The zero-order valence-corrected chi connectivity index (χ0v) is 20.1. The molecule has 1 fully saturated rings. The van der Waals surface area contributed by atoms with Crippen LogP contribution >= 0.6 is 0 Å². The highest BCUT2D eigenvalue weighted by molar-refractivity contribution is 6.46. The Hall–Kier alpha value is -4.20. The Bertz CT molecular complexity index is 1270. The summed E-state index contributed by atoms with van der Waals surface area (Å²) in [5, 5.41) is 11.1. The molecule has 1 aliphatic heterocycles. The van der Waals surface area contributed by atoms with Crippen LogP contribution in [0.25, 0.3) is 5.76 Å². The highest BCUT2D eigenvalue weighted by Gasteiger charge is 2.46. The second kappa shape index (κ2) is 11.0. The first-order valence-corrected chi connectivity index (χ1v) is 11.8. The van der Waals surface area contributed by atoms with E-state index in [1.807, 2.05) is 13.8 Å². The number of benzene rings is 2. The summed E-state index contributed by atoms with van der Waals surface area (Å²) >= 11 is 0. The van der Waals surface area contributed by atoms with E-state index in [1.54, 1.807) is 42.7 Å². The molecular formula is C28H27FN2O5. The van der Waals surface area contributed by atoms with Crippen LogP contribution in [0.1, 0.15) is 43.0 Å². The lowest BCUT2D eigenvalue weighted by Crippen LogP contribution is -2.29. The molecule has 1 aromatic heterocycles. The Balaban J connectivity index is 1.86. The fourth-order valence-electron chi connectivity index (χ4n) is 4.14. The minimum absolute atomic E-state index is 0.0832. The number of nitrogens with zero attached hydrogens (tertiary/aromatic N) is 2. The molecule has 1 aliphatic rings. The minimum Gasteiger partial charge on any atom is -0.507 e. The first-order valence-electron chi connectivity index (χ1n) is 11.8. The molecule has 2 heterocycles. The molecule has 1 atom stereocenters. The van der Waals surface area contributed by atoms with Gasteiger partial charge in [-0.15, -0.1) is 0 Å². The van der Waals surface area contributed by atoms with Crippen LogP contribution in [0.15, 0.2) is 72.6 Å². The van der Waals surface area contributed by atoms with Gasteiger partial charge in [0, 0.05) is 24.5 Å². The van der Waals surface area contributed by atoms with E-state index < -0.39 is 23.5 Å². The average Bonchev–Trinajstić information content (AvgIpc) is 3.13. The van der Waals surface area contributed by atoms with Gasteiger partial charge in [-0.3, -0.25) is 14.6 Å². The van der Waals surface area contributed by atoms with Crippen molar-refractivity contribution in [3.63, 3.8) is 0 Å². The molecule has 1 N–H and O–H groups in total. The number of aliphatic hydroxyl groups is 1. The standard InChI is InChI=1S/C28H27FN2O5/c1-3-14-36-22-12-9-20(15-23(22)35-4-2)25-24(26(32)19-7-10-21(29)11-8-19)27(33)28(34)31(25)17-18-6-5-13-30-16-18/h5-13,15-16,25,32H,3-4,14,17H2,1-2H3. The summed E-state index contributed by atoms with van der Waals surface area (Å²) in [4.78, 5) is 31.9. The van der Waals surface area contributed by atoms with Crippen molar-refractivity contribution in [1.29, 1.82) is 0 Å². The Morgan fingerprint density at radius 3 is 2.50 bits per heavy atom. The quantitative estimate of drug-likeness (QED) is 0.257. The Kier molecular flexibility index (Phi) is 7.63. The van der Waals surface area contributed by atoms with Crippen LogP contribution in [0.3, 0.4) is 0 Å². The number of Topliss-reactive ketones (excluding diaryl/α,β-unsaturated/α-hetero) is 1. The number of likely N-dealkylation sites (tertiary alicyclic amines) is 1. The van der Waals surface area contributed by atoms with Crippen LogP contribution in [-0.4, -0.2) is 39.9 Å². The molecule has 7 nitrogen and oxygen atoms in total. The van der Waals surface area contributed by atoms with Gasteiger partial charge in [-0.05, 0) is 66.9 Å². The lowest BCUT2D eigenvalue weighted by atomic mass is 9.95. The van der Waals surface area contributed by atoms with Gasteiger partial charge in [-0.25, -0.2) is 4.39 Å². The van der Waals surface area contributed by atoms with Crippen LogP contribution < -0.4 is 9.47 Å². The average molecular weight is 491 g/mol. The molecule has 1 unspecified atom stereocenters. The minimum atomic E-state index is -0.908. The van der Waals surface area contributed by atoms with E-state index in [9.17, 15) is 19.1 Å². The third-order valence-electron chi connectivity index (χ3n) is 5.78. The summed E-state index contributed by atoms with van der Waals surface area (Å²) in [5.41, 5.74) is 1.43. The molecule has 0 saturated carbocycles. The Labute approximate surface area is 208 Å². The molecule has 186 valence electrons. The van der Waals surface area contributed by atoms with Gasteiger partial charge in [0.2, 0.25) is 0 Å². The third kappa shape index (κ3) is 5.07. The maximum Gasteiger partial charge on any atom is 0.295 e. The first-order chi connectivity index (χ1) is 17.4. The SMILES string of the molecule is CCCOc1ccc(C2C(=C(O)c3ccc(F)cc3)C(=O)C(=O)N2Cc2cccnc2)cc1OCC. The van der Waals surface area contributed by atoms with Gasteiger partial charge in [0.1, 0.15) is 11.6 Å².